The van der Waals surface area contributed by atoms with Crippen LogP contribution in [0.15, 0.2) is 11.6 Å². The molecule has 2 rings (SSSR count). The first-order chi connectivity index (χ1) is 7.77. The average Bonchev–Trinajstić information content (AvgIpc) is 2.21. The maximum absolute atomic E-state index is 12.0. The minimum absolute atomic E-state index is 0.136. The van der Waals surface area contributed by atoms with Gasteiger partial charge in [-0.05, 0) is 49.9 Å². The van der Waals surface area contributed by atoms with Crippen LogP contribution < -0.4 is 0 Å². The molecule has 2 aliphatic carbocycles. The first-order valence-electron chi connectivity index (χ1n) is 6.99. The topological polar surface area (TPSA) is 17.1 Å². The van der Waals surface area contributed by atoms with Crippen LogP contribution in [0.4, 0.5) is 0 Å². The Morgan fingerprint density at radius 2 is 2.00 bits per heavy atom. The lowest BCUT2D eigenvalue weighted by Crippen LogP contribution is -2.43. The van der Waals surface area contributed by atoms with Gasteiger partial charge in [0.05, 0.1) is 0 Å². The molecule has 1 heteroatoms. The fourth-order valence-corrected chi connectivity index (χ4v) is 3.78. The first-order valence-corrected chi connectivity index (χ1v) is 6.99. The molecule has 0 aromatic carbocycles. The zero-order valence-electron chi connectivity index (χ0n) is 12.0. The van der Waals surface area contributed by atoms with Crippen LogP contribution >= 0.6 is 0 Å². The quantitative estimate of drug-likeness (QED) is 0.616. The summed E-state index contributed by atoms with van der Waals surface area (Å²) in [5, 5.41) is 0. The number of ketones is 1. The average molecular weight is 234 g/mol. The second-order valence-electron chi connectivity index (χ2n) is 7.10. The SMILES string of the molecule is CC(=O)C1(C)CC2C(=CC1C)CCCC2(C)C. The summed E-state index contributed by atoms with van der Waals surface area (Å²) < 4.78 is 0. The van der Waals surface area contributed by atoms with Crippen LogP contribution in [0.5, 0.6) is 0 Å². The van der Waals surface area contributed by atoms with Crippen molar-refractivity contribution in [3.8, 4) is 0 Å². The number of carbonyl (C=O) groups excluding carboxylic acids is 1. The Hall–Kier alpha value is -0.590. The van der Waals surface area contributed by atoms with E-state index in [9.17, 15) is 4.79 Å². The van der Waals surface area contributed by atoms with Gasteiger partial charge in [0.2, 0.25) is 0 Å². The molecule has 3 atom stereocenters. The molecule has 0 aromatic rings. The van der Waals surface area contributed by atoms with Crippen molar-refractivity contribution in [2.45, 2.75) is 60.3 Å². The zero-order valence-corrected chi connectivity index (χ0v) is 12.0. The molecule has 3 unspecified atom stereocenters. The van der Waals surface area contributed by atoms with E-state index in [1.54, 1.807) is 12.5 Å². The van der Waals surface area contributed by atoms with Crippen LogP contribution in [0.1, 0.15) is 60.3 Å². The highest BCUT2D eigenvalue weighted by Crippen LogP contribution is 2.54. The molecule has 96 valence electrons. The highest BCUT2D eigenvalue weighted by molar-refractivity contribution is 5.82. The largest absolute Gasteiger partial charge is 0.299 e. The number of hydrogen-bond acceptors (Lipinski definition) is 1. The predicted molar refractivity (Wildman–Crippen MR) is 71.8 cm³/mol. The Bertz CT molecular complexity index is 364. The Morgan fingerprint density at radius 3 is 2.59 bits per heavy atom. The van der Waals surface area contributed by atoms with Gasteiger partial charge >= 0.3 is 0 Å². The van der Waals surface area contributed by atoms with Crippen LogP contribution in [-0.2, 0) is 4.79 Å². The van der Waals surface area contributed by atoms with Crippen LogP contribution in [0, 0.1) is 22.7 Å². The number of hydrogen-bond donors (Lipinski definition) is 0. The smallest absolute Gasteiger partial charge is 0.136 e. The van der Waals surface area contributed by atoms with Gasteiger partial charge in [-0.2, -0.15) is 0 Å². The lowest BCUT2D eigenvalue weighted by Gasteiger charge is -2.49. The van der Waals surface area contributed by atoms with Crippen LogP contribution in [0.2, 0.25) is 0 Å². The third-order valence-corrected chi connectivity index (χ3v) is 5.58. The molecule has 0 amide bonds. The van der Waals surface area contributed by atoms with Crippen LogP contribution in [-0.4, -0.2) is 5.78 Å². The third kappa shape index (κ3) is 1.98. The van der Waals surface area contributed by atoms with Gasteiger partial charge in [0.15, 0.2) is 0 Å². The van der Waals surface area contributed by atoms with Crippen molar-refractivity contribution in [2.24, 2.45) is 22.7 Å². The Kier molecular flexibility index (Phi) is 3.00. The number of Topliss-reactive ketones (excluding diaryl/α,β-unsaturated/α-hetero) is 1. The highest BCUT2D eigenvalue weighted by Gasteiger charge is 2.47. The number of carbonyl (C=O) groups is 1. The molecule has 0 aliphatic heterocycles. The van der Waals surface area contributed by atoms with Gasteiger partial charge in [0.1, 0.15) is 5.78 Å². The lowest BCUT2D eigenvalue weighted by atomic mass is 9.55. The molecule has 0 radical (unpaired) electrons. The Labute approximate surface area is 106 Å². The summed E-state index contributed by atoms with van der Waals surface area (Å²) in [6.07, 6.45) is 7.35. The molecule has 0 N–H and O–H groups in total. The van der Waals surface area contributed by atoms with Crippen LogP contribution in [0.25, 0.3) is 0 Å². The molecule has 0 spiro atoms. The van der Waals surface area contributed by atoms with E-state index in [0.29, 0.717) is 23.0 Å². The summed E-state index contributed by atoms with van der Waals surface area (Å²) in [4.78, 5) is 12.0. The Morgan fingerprint density at radius 1 is 1.35 bits per heavy atom. The van der Waals surface area contributed by atoms with Gasteiger partial charge in [-0.3, -0.25) is 4.79 Å². The van der Waals surface area contributed by atoms with Gasteiger partial charge in [-0.1, -0.05) is 39.3 Å². The highest BCUT2D eigenvalue weighted by atomic mass is 16.1. The summed E-state index contributed by atoms with van der Waals surface area (Å²) in [5.41, 5.74) is 1.87. The minimum atomic E-state index is -0.136. The van der Waals surface area contributed by atoms with Crippen molar-refractivity contribution >= 4 is 5.78 Å². The van der Waals surface area contributed by atoms with E-state index in [0.717, 1.165) is 6.42 Å². The number of fused-ring (bicyclic) bond motifs is 1. The van der Waals surface area contributed by atoms with E-state index in [1.807, 2.05) is 0 Å². The van der Waals surface area contributed by atoms with Crippen molar-refractivity contribution in [3.05, 3.63) is 11.6 Å². The molecular formula is C16H26O. The second kappa shape index (κ2) is 3.96. The molecule has 0 aromatic heterocycles. The fraction of sp³-hybridized carbons (Fsp3) is 0.812. The van der Waals surface area contributed by atoms with Crippen molar-refractivity contribution in [3.63, 3.8) is 0 Å². The van der Waals surface area contributed by atoms with Gasteiger partial charge in [0, 0.05) is 5.41 Å². The van der Waals surface area contributed by atoms with E-state index in [2.05, 4.69) is 33.8 Å². The standard InChI is InChI=1S/C16H26O/c1-11-9-13-7-6-8-15(3,4)14(13)10-16(11,5)12(2)17/h9,11,14H,6-8,10H2,1-5H3. The maximum atomic E-state index is 12.0. The maximum Gasteiger partial charge on any atom is 0.136 e. The molecule has 0 saturated heterocycles. The lowest BCUT2D eigenvalue weighted by molar-refractivity contribution is -0.129. The van der Waals surface area contributed by atoms with Crippen molar-refractivity contribution in [1.82, 2.24) is 0 Å². The molecule has 2 aliphatic rings. The van der Waals surface area contributed by atoms with E-state index in [4.69, 9.17) is 0 Å². The summed E-state index contributed by atoms with van der Waals surface area (Å²) in [7, 11) is 0. The zero-order chi connectivity index (χ0) is 12.8. The van der Waals surface area contributed by atoms with Gasteiger partial charge in [-0.25, -0.2) is 0 Å². The summed E-state index contributed by atoms with van der Waals surface area (Å²) in [5.74, 6) is 1.39. The molecule has 1 fully saturated rings. The Balaban J connectivity index is 2.38. The normalized spacial score (nSPS) is 40.4. The monoisotopic (exact) mass is 234 g/mol. The first kappa shape index (κ1) is 12.9. The number of allylic oxidation sites excluding steroid dienone is 2. The van der Waals surface area contributed by atoms with Crippen molar-refractivity contribution in [2.75, 3.05) is 0 Å². The fourth-order valence-electron chi connectivity index (χ4n) is 3.78. The van der Waals surface area contributed by atoms with E-state index in [1.165, 1.54) is 19.3 Å². The predicted octanol–water partition coefficient (Wildman–Crippen LogP) is 4.37. The summed E-state index contributed by atoms with van der Waals surface area (Å²) in [6, 6.07) is 0. The summed E-state index contributed by atoms with van der Waals surface area (Å²) in [6.45, 7) is 10.9. The van der Waals surface area contributed by atoms with Crippen LogP contribution in [0.3, 0.4) is 0 Å². The van der Waals surface area contributed by atoms with Crippen molar-refractivity contribution < 1.29 is 4.79 Å². The molecule has 17 heavy (non-hydrogen) atoms. The van der Waals surface area contributed by atoms with Gasteiger partial charge in [-0.15, -0.1) is 0 Å². The summed E-state index contributed by atoms with van der Waals surface area (Å²) >= 11 is 0. The van der Waals surface area contributed by atoms with Crippen molar-refractivity contribution in [1.29, 1.82) is 0 Å². The molecule has 1 nitrogen and oxygen atoms in total. The molecule has 1 saturated carbocycles. The van der Waals surface area contributed by atoms with Gasteiger partial charge < -0.3 is 0 Å². The minimum Gasteiger partial charge on any atom is -0.299 e. The van der Waals surface area contributed by atoms with Gasteiger partial charge in [0.25, 0.3) is 0 Å². The number of rotatable bonds is 1. The van der Waals surface area contributed by atoms with E-state index >= 15 is 0 Å². The third-order valence-electron chi connectivity index (χ3n) is 5.58. The van der Waals surface area contributed by atoms with E-state index in [-0.39, 0.29) is 5.41 Å². The second-order valence-corrected chi connectivity index (χ2v) is 7.10. The van der Waals surface area contributed by atoms with E-state index < -0.39 is 0 Å². The molecule has 0 heterocycles. The molecule has 0 bridgehead atoms. The molecular weight excluding hydrogens is 208 g/mol.